The van der Waals surface area contributed by atoms with E-state index >= 15 is 0 Å². The van der Waals surface area contributed by atoms with Crippen LogP contribution in [0.1, 0.15) is 50.7 Å². The van der Waals surface area contributed by atoms with Gasteiger partial charge in [0.25, 0.3) is 0 Å². The van der Waals surface area contributed by atoms with E-state index in [0.29, 0.717) is 36.2 Å². The molecule has 36 heavy (non-hydrogen) atoms. The maximum atomic E-state index is 9.07. The molecule has 3 rings (SSSR count). The van der Waals surface area contributed by atoms with Gasteiger partial charge in [-0.15, -0.1) is 0 Å². The topological polar surface area (TPSA) is 114 Å². The largest absolute Gasteiger partial charge is 0.493 e. The molecule has 2 aromatic carbocycles. The van der Waals surface area contributed by atoms with Crippen LogP contribution in [-0.4, -0.2) is 13.2 Å². The summed E-state index contributed by atoms with van der Waals surface area (Å²) in [5.74, 6) is 2.31. The van der Waals surface area contributed by atoms with Gasteiger partial charge < -0.3 is 9.47 Å². The zero-order valence-electron chi connectivity index (χ0n) is 20.6. The molecule has 2 unspecified atom stereocenters. The molecule has 6 nitrogen and oxygen atoms in total. The zero-order chi connectivity index (χ0) is 25.9. The summed E-state index contributed by atoms with van der Waals surface area (Å²) < 4.78 is 12.2. The fraction of sp³-hybridized carbons (Fsp3) is 0.333. The molecule has 180 valence electrons. The third-order valence-electron chi connectivity index (χ3n) is 6.77. The monoisotopic (exact) mass is 476 g/mol. The highest BCUT2D eigenvalue weighted by molar-refractivity contribution is 5.74. The molecule has 0 spiro atoms. The SMILES string of the molecule is CC(=C(C#N)C#N)c1ccc(OCC2CCCCC2COc2ccc(C(C)=C(C#N)C#N)cc2)cc1. The molecule has 0 amide bonds. The van der Waals surface area contributed by atoms with E-state index in [4.69, 9.17) is 30.5 Å². The third-order valence-corrected chi connectivity index (χ3v) is 6.77. The Kier molecular flexibility index (Phi) is 9.28. The molecule has 1 aliphatic rings. The van der Waals surface area contributed by atoms with Gasteiger partial charge in [0, 0.05) is 0 Å². The number of hydrogen-bond donors (Lipinski definition) is 0. The molecule has 0 N–H and O–H groups in total. The number of allylic oxidation sites excluding steroid dienone is 4. The Balaban J connectivity index is 1.58. The number of nitrogens with zero attached hydrogens (tertiary/aromatic N) is 4. The first kappa shape index (κ1) is 26.1. The minimum atomic E-state index is 0.115. The van der Waals surface area contributed by atoms with Gasteiger partial charge in [0.1, 0.15) is 46.9 Å². The molecule has 0 radical (unpaired) electrons. The average molecular weight is 477 g/mol. The molecular formula is C30H28N4O2. The van der Waals surface area contributed by atoms with Gasteiger partial charge in [0.15, 0.2) is 0 Å². The van der Waals surface area contributed by atoms with Gasteiger partial charge in [0.05, 0.1) is 13.2 Å². The Morgan fingerprint density at radius 1 is 0.639 bits per heavy atom. The van der Waals surface area contributed by atoms with Gasteiger partial charge in [0.2, 0.25) is 0 Å². The Bertz CT molecular complexity index is 1160. The van der Waals surface area contributed by atoms with Crippen LogP contribution in [0.4, 0.5) is 0 Å². The van der Waals surface area contributed by atoms with E-state index in [9.17, 15) is 0 Å². The van der Waals surface area contributed by atoms with Gasteiger partial charge >= 0.3 is 0 Å². The molecule has 1 aliphatic carbocycles. The smallest absolute Gasteiger partial charge is 0.133 e. The summed E-state index contributed by atoms with van der Waals surface area (Å²) in [7, 11) is 0. The van der Waals surface area contributed by atoms with E-state index in [-0.39, 0.29) is 11.1 Å². The minimum absolute atomic E-state index is 0.115. The first-order chi connectivity index (χ1) is 17.5. The second-order valence-corrected chi connectivity index (χ2v) is 8.92. The molecule has 2 atom stereocenters. The van der Waals surface area contributed by atoms with Crippen molar-refractivity contribution in [1.29, 1.82) is 21.0 Å². The standard InChI is InChI=1S/C30H28N4O2/c1-21(27(15-31)16-32)23-7-11-29(12-8-23)35-19-25-5-3-4-6-26(25)20-36-30-13-9-24(10-14-30)22(2)28(17-33)18-34/h7-14,25-26H,3-6,19-20H2,1-2H3. The Morgan fingerprint density at radius 3 is 1.28 bits per heavy atom. The molecule has 2 aromatic rings. The summed E-state index contributed by atoms with van der Waals surface area (Å²) in [6, 6.07) is 22.7. The number of hydrogen-bond acceptors (Lipinski definition) is 6. The van der Waals surface area contributed by atoms with E-state index in [2.05, 4.69) is 0 Å². The van der Waals surface area contributed by atoms with Crippen LogP contribution in [0.2, 0.25) is 0 Å². The van der Waals surface area contributed by atoms with Crippen molar-refractivity contribution in [3.05, 3.63) is 70.8 Å². The average Bonchev–Trinajstić information content (AvgIpc) is 2.93. The molecule has 0 heterocycles. The molecule has 0 saturated heterocycles. The van der Waals surface area contributed by atoms with Crippen molar-refractivity contribution in [2.24, 2.45) is 11.8 Å². The van der Waals surface area contributed by atoms with Crippen molar-refractivity contribution >= 4 is 11.1 Å². The van der Waals surface area contributed by atoms with Crippen LogP contribution in [0.3, 0.4) is 0 Å². The highest BCUT2D eigenvalue weighted by Gasteiger charge is 2.26. The van der Waals surface area contributed by atoms with Gasteiger partial charge in [-0.05, 0) is 85.1 Å². The summed E-state index contributed by atoms with van der Waals surface area (Å²) >= 11 is 0. The second kappa shape index (κ2) is 12.8. The molecule has 1 fully saturated rings. The van der Waals surface area contributed by atoms with Gasteiger partial charge in [-0.1, -0.05) is 37.1 Å². The quantitative estimate of drug-likeness (QED) is 0.397. The number of ether oxygens (including phenoxy) is 2. The van der Waals surface area contributed by atoms with E-state index in [1.165, 1.54) is 12.8 Å². The van der Waals surface area contributed by atoms with Crippen molar-refractivity contribution in [3.8, 4) is 35.8 Å². The van der Waals surface area contributed by atoms with Crippen LogP contribution in [0.15, 0.2) is 59.7 Å². The first-order valence-electron chi connectivity index (χ1n) is 12.0. The number of benzene rings is 2. The number of nitriles is 4. The predicted octanol–water partition coefficient (Wildman–Crippen LogP) is 6.59. The van der Waals surface area contributed by atoms with Gasteiger partial charge in [-0.3, -0.25) is 0 Å². The lowest BCUT2D eigenvalue weighted by molar-refractivity contribution is 0.105. The Hall–Kier alpha value is -4.52. The summed E-state index contributed by atoms with van der Waals surface area (Å²) in [5.41, 5.74) is 3.21. The molecule has 0 bridgehead atoms. The van der Waals surface area contributed by atoms with Crippen molar-refractivity contribution in [2.75, 3.05) is 13.2 Å². The molecule has 0 aromatic heterocycles. The maximum Gasteiger partial charge on any atom is 0.133 e. The van der Waals surface area contributed by atoms with Gasteiger partial charge in [-0.25, -0.2) is 0 Å². The fourth-order valence-electron chi connectivity index (χ4n) is 4.41. The van der Waals surface area contributed by atoms with E-state index < -0.39 is 0 Å². The maximum absolute atomic E-state index is 9.07. The summed E-state index contributed by atoms with van der Waals surface area (Å²) in [6.45, 7) is 4.76. The Morgan fingerprint density at radius 2 is 0.972 bits per heavy atom. The zero-order valence-corrected chi connectivity index (χ0v) is 20.6. The van der Waals surface area contributed by atoms with E-state index in [1.54, 1.807) is 13.8 Å². The lowest BCUT2D eigenvalue weighted by atomic mass is 9.80. The molecule has 1 saturated carbocycles. The van der Waals surface area contributed by atoms with Crippen LogP contribution in [0, 0.1) is 57.2 Å². The lowest BCUT2D eigenvalue weighted by Crippen LogP contribution is -2.29. The molecule has 6 heteroatoms. The lowest BCUT2D eigenvalue weighted by Gasteiger charge is -2.31. The van der Waals surface area contributed by atoms with Crippen LogP contribution >= 0.6 is 0 Å². The number of rotatable bonds is 8. The minimum Gasteiger partial charge on any atom is -0.493 e. The van der Waals surface area contributed by atoms with Crippen molar-refractivity contribution < 1.29 is 9.47 Å². The van der Waals surface area contributed by atoms with Crippen molar-refractivity contribution in [3.63, 3.8) is 0 Å². The van der Waals surface area contributed by atoms with Crippen molar-refractivity contribution in [2.45, 2.75) is 39.5 Å². The second-order valence-electron chi connectivity index (χ2n) is 8.92. The summed E-state index contributed by atoms with van der Waals surface area (Å²) in [6.07, 6.45) is 4.54. The summed E-state index contributed by atoms with van der Waals surface area (Å²) in [4.78, 5) is 0. The van der Waals surface area contributed by atoms with E-state index in [0.717, 1.165) is 35.5 Å². The van der Waals surface area contributed by atoms with Crippen LogP contribution in [-0.2, 0) is 0 Å². The molecular weight excluding hydrogens is 448 g/mol. The molecule has 0 aliphatic heterocycles. The predicted molar refractivity (Wildman–Crippen MR) is 137 cm³/mol. The first-order valence-corrected chi connectivity index (χ1v) is 12.0. The summed E-state index contributed by atoms with van der Waals surface area (Å²) in [5, 5.41) is 36.3. The van der Waals surface area contributed by atoms with E-state index in [1.807, 2.05) is 72.8 Å². The van der Waals surface area contributed by atoms with Gasteiger partial charge in [-0.2, -0.15) is 21.0 Å². The van der Waals surface area contributed by atoms with Crippen LogP contribution in [0.5, 0.6) is 11.5 Å². The Labute approximate surface area is 212 Å². The highest BCUT2D eigenvalue weighted by atomic mass is 16.5. The van der Waals surface area contributed by atoms with Crippen LogP contribution in [0.25, 0.3) is 11.1 Å². The highest BCUT2D eigenvalue weighted by Crippen LogP contribution is 2.32. The third kappa shape index (κ3) is 6.54. The van der Waals surface area contributed by atoms with Crippen molar-refractivity contribution in [1.82, 2.24) is 0 Å². The van der Waals surface area contributed by atoms with Crippen LogP contribution < -0.4 is 9.47 Å². The normalized spacial score (nSPS) is 16.3. The fourth-order valence-corrected chi connectivity index (χ4v) is 4.41.